The summed E-state index contributed by atoms with van der Waals surface area (Å²) in [6.07, 6.45) is 3.39. The fourth-order valence-electron chi connectivity index (χ4n) is 4.38. The molecule has 5 unspecified atom stereocenters. The monoisotopic (exact) mass is 504 g/mol. The number of phenolic OH excluding ortho intramolecular Hbond substituents is 1. The van der Waals surface area contributed by atoms with E-state index in [4.69, 9.17) is 14.6 Å². The molecule has 0 amide bonds. The minimum Gasteiger partial charge on any atom is -0.508 e. The van der Waals surface area contributed by atoms with E-state index in [1.807, 2.05) is 31.2 Å². The first-order valence-corrected chi connectivity index (χ1v) is 13.9. The predicted octanol–water partition coefficient (Wildman–Crippen LogP) is 9.46. The largest absolute Gasteiger partial charge is 0.508 e. The van der Waals surface area contributed by atoms with Crippen molar-refractivity contribution in [3.8, 4) is 11.5 Å². The van der Waals surface area contributed by atoms with Crippen LogP contribution in [0.4, 0.5) is 0 Å². The van der Waals surface area contributed by atoms with Gasteiger partial charge in [0, 0.05) is 7.11 Å². The topological polar surface area (TPSA) is 38.7 Å². The first-order valence-electron chi connectivity index (χ1n) is 13.9. The molecular weight excluding hydrogens is 456 g/mol. The first kappa shape index (κ1) is 30.4. The van der Waals surface area contributed by atoms with Gasteiger partial charge in [-0.2, -0.15) is 0 Å². The van der Waals surface area contributed by atoms with E-state index < -0.39 is 0 Å². The number of phenols is 1. The van der Waals surface area contributed by atoms with Crippen molar-refractivity contribution in [1.82, 2.24) is 0 Å². The number of fused-ring (bicyclic) bond motifs is 1. The molecule has 3 heteroatoms. The maximum Gasteiger partial charge on any atom is 0.196 e. The Morgan fingerprint density at radius 1 is 0.784 bits per heavy atom. The molecular formula is C34H48O3. The molecule has 0 aromatic heterocycles. The molecule has 4 rings (SSSR count). The zero-order chi connectivity index (χ0) is 27.4. The van der Waals surface area contributed by atoms with Crippen LogP contribution in [0.1, 0.15) is 101 Å². The summed E-state index contributed by atoms with van der Waals surface area (Å²) in [5.41, 5.74) is 5.78. The van der Waals surface area contributed by atoms with E-state index in [0.29, 0.717) is 17.6 Å². The molecule has 0 aliphatic heterocycles. The number of methoxy groups -OCH3 is 1. The summed E-state index contributed by atoms with van der Waals surface area (Å²) in [6, 6.07) is 24.5. The Balaban J connectivity index is 0.000000198. The first-order chi connectivity index (χ1) is 17.7. The molecule has 1 aliphatic carbocycles. The van der Waals surface area contributed by atoms with E-state index in [9.17, 15) is 0 Å². The van der Waals surface area contributed by atoms with Gasteiger partial charge in [0.2, 0.25) is 0 Å². The van der Waals surface area contributed by atoms with Gasteiger partial charge in [-0.25, -0.2) is 0 Å². The Bertz CT molecular complexity index is 1030. The highest BCUT2D eigenvalue weighted by Gasteiger charge is 2.24. The highest BCUT2D eigenvalue weighted by molar-refractivity contribution is 5.35. The van der Waals surface area contributed by atoms with Crippen molar-refractivity contribution < 1.29 is 14.6 Å². The Morgan fingerprint density at radius 2 is 1.30 bits per heavy atom. The van der Waals surface area contributed by atoms with Crippen molar-refractivity contribution in [2.45, 2.75) is 91.8 Å². The van der Waals surface area contributed by atoms with Gasteiger partial charge >= 0.3 is 0 Å². The Labute approximate surface area is 225 Å². The summed E-state index contributed by atoms with van der Waals surface area (Å²) in [7, 11) is 1.64. The van der Waals surface area contributed by atoms with Crippen molar-refractivity contribution in [1.29, 1.82) is 0 Å². The number of aromatic hydroxyl groups is 1. The number of hydrogen-bond donors (Lipinski definition) is 1. The molecule has 0 fully saturated rings. The quantitative estimate of drug-likeness (QED) is 0.326. The van der Waals surface area contributed by atoms with Crippen LogP contribution >= 0.6 is 0 Å². The average molecular weight is 505 g/mol. The smallest absolute Gasteiger partial charge is 0.196 e. The molecule has 0 heterocycles. The molecule has 0 saturated heterocycles. The second kappa shape index (κ2) is 15.5. The summed E-state index contributed by atoms with van der Waals surface area (Å²) in [5.74, 6) is 4.02. The Hall–Kier alpha value is -2.78. The number of hydrogen-bond acceptors (Lipinski definition) is 3. The van der Waals surface area contributed by atoms with Gasteiger partial charge in [-0.05, 0) is 96.4 Å². The molecule has 5 atom stereocenters. The van der Waals surface area contributed by atoms with E-state index in [2.05, 4.69) is 77.9 Å². The third kappa shape index (κ3) is 9.55. The number of benzene rings is 3. The summed E-state index contributed by atoms with van der Waals surface area (Å²) in [4.78, 5) is 0. The van der Waals surface area contributed by atoms with E-state index in [-0.39, 0.29) is 6.29 Å². The fourth-order valence-corrected chi connectivity index (χ4v) is 4.38. The van der Waals surface area contributed by atoms with Crippen molar-refractivity contribution in [3.05, 3.63) is 95.1 Å². The zero-order valence-corrected chi connectivity index (χ0v) is 24.2. The second-order valence-corrected chi connectivity index (χ2v) is 10.4. The SMILES string of the molecule is CC1Cc2ccccc2C1C.CCC(C)c1ccc(O)cc1.CCC(C)c1ccc(OC(C)OC)cc1. The minimum absolute atomic E-state index is 0.195. The van der Waals surface area contributed by atoms with Crippen molar-refractivity contribution >= 4 is 0 Å². The van der Waals surface area contributed by atoms with Crippen LogP contribution in [0, 0.1) is 5.92 Å². The third-order valence-electron chi connectivity index (χ3n) is 7.71. The number of ether oxygens (including phenoxy) is 2. The molecule has 37 heavy (non-hydrogen) atoms. The van der Waals surface area contributed by atoms with Gasteiger partial charge in [0.1, 0.15) is 11.5 Å². The summed E-state index contributed by atoms with van der Waals surface area (Å²) in [5, 5.41) is 9.01. The lowest BCUT2D eigenvalue weighted by atomic mass is 9.97. The van der Waals surface area contributed by atoms with Crippen LogP contribution in [-0.2, 0) is 11.2 Å². The predicted molar refractivity (Wildman–Crippen MR) is 157 cm³/mol. The van der Waals surface area contributed by atoms with Gasteiger partial charge in [-0.3, -0.25) is 0 Å². The van der Waals surface area contributed by atoms with E-state index in [0.717, 1.165) is 30.4 Å². The lowest BCUT2D eigenvalue weighted by Gasteiger charge is -2.14. The lowest BCUT2D eigenvalue weighted by molar-refractivity contribution is -0.0382. The van der Waals surface area contributed by atoms with Crippen LogP contribution in [0.5, 0.6) is 11.5 Å². The normalized spacial score (nSPS) is 18.3. The van der Waals surface area contributed by atoms with Crippen LogP contribution in [0.15, 0.2) is 72.8 Å². The Morgan fingerprint density at radius 3 is 1.78 bits per heavy atom. The molecule has 0 bridgehead atoms. The van der Waals surface area contributed by atoms with Crippen LogP contribution < -0.4 is 4.74 Å². The number of rotatable bonds is 7. The molecule has 1 aliphatic rings. The maximum absolute atomic E-state index is 9.01. The molecule has 202 valence electrons. The molecule has 0 spiro atoms. The van der Waals surface area contributed by atoms with Crippen molar-refractivity contribution in [3.63, 3.8) is 0 Å². The standard InChI is InChI=1S/C13H20O2.C11H14.C10H14O/c1-5-10(2)12-6-8-13(9-7-12)15-11(3)14-4;1-8-7-10-5-3-4-6-11(10)9(8)2;1-3-8(2)9-4-6-10(11)7-5-9/h6-11H,5H2,1-4H3;3-6,8-9H,7H2,1-2H3;4-8,11H,3H2,1-2H3. The van der Waals surface area contributed by atoms with Gasteiger partial charge in [-0.1, -0.05) is 90.1 Å². The van der Waals surface area contributed by atoms with Crippen molar-refractivity contribution in [2.24, 2.45) is 5.92 Å². The highest BCUT2D eigenvalue weighted by Crippen LogP contribution is 2.36. The molecule has 0 radical (unpaired) electrons. The molecule has 3 aromatic carbocycles. The van der Waals surface area contributed by atoms with Crippen molar-refractivity contribution in [2.75, 3.05) is 7.11 Å². The van der Waals surface area contributed by atoms with E-state index in [1.54, 1.807) is 30.4 Å². The van der Waals surface area contributed by atoms with Crippen LogP contribution in [0.3, 0.4) is 0 Å². The van der Waals surface area contributed by atoms with Gasteiger partial charge in [0.15, 0.2) is 6.29 Å². The molecule has 0 saturated carbocycles. The zero-order valence-electron chi connectivity index (χ0n) is 24.2. The van der Waals surface area contributed by atoms with E-state index in [1.165, 1.54) is 17.5 Å². The van der Waals surface area contributed by atoms with Gasteiger partial charge in [0.25, 0.3) is 0 Å². The van der Waals surface area contributed by atoms with Crippen LogP contribution in [0.25, 0.3) is 0 Å². The third-order valence-corrected chi connectivity index (χ3v) is 7.71. The van der Waals surface area contributed by atoms with Crippen LogP contribution in [0.2, 0.25) is 0 Å². The average Bonchev–Trinajstić information content (AvgIpc) is 3.22. The fraction of sp³-hybridized carbons (Fsp3) is 0.471. The van der Waals surface area contributed by atoms with Gasteiger partial charge < -0.3 is 14.6 Å². The second-order valence-electron chi connectivity index (χ2n) is 10.4. The molecule has 3 aromatic rings. The van der Waals surface area contributed by atoms with Gasteiger partial charge in [-0.15, -0.1) is 0 Å². The summed E-state index contributed by atoms with van der Waals surface area (Å²) >= 11 is 0. The molecule has 1 N–H and O–H groups in total. The van der Waals surface area contributed by atoms with Gasteiger partial charge in [0.05, 0.1) is 0 Å². The molecule has 3 nitrogen and oxygen atoms in total. The minimum atomic E-state index is -0.195. The summed E-state index contributed by atoms with van der Waals surface area (Å²) < 4.78 is 10.5. The maximum atomic E-state index is 9.01. The summed E-state index contributed by atoms with van der Waals surface area (Å²) in [6.45, 7) is 15.3. The lowest BCUT2D eigenvalue weighted by Crippen LogP contribution is -2.13. The Kier molecular flexibility index (Phi) is 12.7. The van der Waals surface area contributed by atoms with Crippen LogP contribution in [-0.4, -0.2) is 18.5 Å². The highest BCUT2D eigenvalue weighted by atomic mass is 16.7. The van der Waals surface area contributed by atoms with E-state index >= 15 is 0 Å².